The summed E-state index contributed by atoms with van der Waals surface area (Å²) in [5.74, 6) is -0.495. The van der Waals surface area contributed by atoms with E-state index >= 15 is 0 Å². The van der Waals surface area contributed by atoms with E-state index in [2.05, 4.69) is 29.1 Å². The summed E-state index contributed by atoms with van der Waals surface area (Å²) in [7, 11) is 0. The maximum Gasteiger partial charge on any atom is 0.247 e. The highest BCUT2D eigenvalue weighted by molar-refractivity contribution is 5.99. The number of nitrogens with one attached hydrogen (secondary N) is 3. The molecule has 0 aliphatic rings. The maximum atomic E-state index is 11.2. The van der Waals surface area contributed by atoms with Gasteiger partial charge in [0.25, 0.3) is 0 Å². The molecule has 0 radical (unpaired) electrons. The third-order valence-electron chi connectivity index (χ3n) is 2.96. The lowest BCUT2D eigenvalue weighted by atomic mass is 10.2. The van der Waals surface area contributed by atoms with Gasteiger partial charge >= 0.3 is 0 Å². The average molecular weight is 307 g/mol. The van der Waals surface area contributed by atoms with Gasteiger partial charge in [0, 0.05) is 22.7 Å². The Morgan fingerprint density at radius 2 is 0.957 bits per heavy atom. The van der Waals surface area contributed by atoms with Crippen molar-refractivity contribution in [2.24, 2.45) is 0 Å². The van der Waals surface area contributed by atoms with Crippen LogP contribution in [-0.4, -0.2) is 11.8 Å². The van der Waals surface area contributed by atoms with Crippen LogP contribution in [0.5, 0.6) is 0 Å². The molecule has 0 heterocycles. The van der Waals surface area contributed by atoms with Crippen molar-refractivity contribution in [3.05, 3.63) is 73.8 Å². The molecule has 0 aromatic heterocycles. The van der Waals surface area contributed by atoms with E-state index < -0.39 is 0 Å². The van der Waals surface area contributed by atoms with E-state index in [9.17, 15) is 9.59 Å². The Morgan fingerprint density at radius 3 is 1.26 bits per heavy atom. The second-order valence-corrected chi connectivity index (χ2v) is 4.67. The van der Waals surface area contributed by atoms with E-state index in [1.54, 1.807) is 24.3 Å². The lowest BCUT2D eigenvalue weighted by Crippen LogP contribution is -2.07. The summed E-state index contributed by atoms with van der Waals surface area (Å²) in [4.78, 5) is 22.4. The van der Waals surface area contributed by atoms with Crippen LogP contribution >= 0.6 is 0 Å². The van der Waals surface area contributed by atoms with Crippen molar-refractivity contribution in [2.45, 2.75) is 0 Å². The van der Waals surface area contributed by atoms with Crippen LogP contribution < -0.4 is 16.0 Å². The largest absolute Gasteiger partial charge is 0.356 e. The summed E-state index contributed by atoms with van der Waals surface area (Å²) in [5, 5.41) is 8.59. The zero-order chi connectivity index (χ0) is 16.7. The quantitative estimate of drug-likeness (QED) is 0.713. The fraction of sp³-hybridized carbons (Fsp3) is 0. The van der Waals surface area contributed by atoms with Crippen molar-refractivity contribution in [3.63, 3.8) is 0 Å². The summed E-state index contributed by atoms with van der Waals surface area (Å²) >= 11 is 0. The zero-order valence-corrected chi connectivity index (χ0v) is 12.5. The number of carbonyl (C=O) groups excluding carboxylic acids is 2. The second-order valence-electron chi connectivity index (χ2n) is 4.67. The second kappa shape index (κ2) is 7.61. The lowest BCUT2D eigenvalue weighted by molar-refractivity contribution is -0.112. The Labute approximate surface area is 134 Å². The lowest BCUT2D eigenvalue weighted by Gasteiger charge is -2.09. The van der Waals surface area contributed by atoms with E-state index in [0.717, 1.165) is 11.4 Å². The molecule has 0 aliphatic heterocycles. The molecular weight excluding hydrogens is 290 g/mol. The first-order chi connectivity index (χ1) is 11.1. The van der Waals surface area contributed by atoms with E-state index in [4.69, 9.17) is 0 Å². The third kappa shape index (κ3) is 4.86. The number of hydrogen-bond donors (Lipinski definition) is 3. The molecule has 3 N–H and O–H groups in total. The number of hydrogen-bond acceptors (Lipinski definition) is 3. The normalized spacial score (nSPS) is 9.57. The molecule has 2 aromatic rings. The topological polar surface area (TPSA) is 70.2 Å². The molecule has 0 saturated carbocycles. The summed E-state index contributed by atoms with van der Waals surface area (Å²) in [6.07, 6.45) is 2.44. The first kappa shape index (κ1) is 16.0. The Hall–Kier alpha value is -3.34. The molecule has 0 spiro atoms. The Bertz CT molecular complexity index is 655. The van der Waals surface area contributed by atoms with E-state index in [0.29, 0.717) is 11.4 Å². The van der Waals surface area contributed by atoms with Crippen LogP contribution in [0.1, 0.15) is 0 Å². The minimum Gasteiger partial charge on any atom is -0.356 e. The van der Waals surface area contributed by atoms with E-state index in [1.807, 2.05) is 24.3 Å². The molecule has 23 heavy (non-hydrogen) atoms. The van der Waals surface area contributed by atoms with Gasteiger partial charge in [0.15, 0.2) is 0 Å². The van der Waals surface area contributed by atoms with Gasteiger partial charge in [0.05, 0.1) is 0 Å². The molecule has 2 rings (SSSR count). The van der Waals surface area contributed by atoms with Crippen LogP contribution in [-0.2, 0) is 9.59 Å². The first-order valence-corrected chi connectivity index (χ1v) is 6.94. The van der Waals surface area contributed by atoms with Gasteiger partial charge in [0.2, 0.25) is 11.8 Å². The summed E-state index contributed by atoms with van der Waals surface area (Å²) < 4.78 is 0. The third-order valence-corrected chi connectivity index (χ3v) is 2.96. The average Bonchev–Trinajstić information content (AvgIpc) is 2.58. The highest BCUT2D eigenvalue weighted by Gasteiger charge is 2.00. The summed E-state index contributed by atoms with van der Waals surface area (Å²) in [5.41, 5.74) is 3.15. The van der Waals surface area contributed by atoms with Crippen molar-refractivity contribution in [1.82, 2.24) is 0 Å². The molecule has 0 bridgehead atoms. The van der Waals surface area contributed by atoms with Gasteiger partial charge < -0.3 is 16.0 Å². The molecule has 116 valence electrons. The van der Waals surface area contributed by atoms with Crippen LogP contribution in [0, 0.1) is 0 Å². The molecule has 0 aliphatic carbocycles. The summed E-state index contributed by atoms with van der Waals surface area (Å²) in [6, 6.07) is 14.6. The standard InChI is InChI=1S/C18H17N3O2/c1-3-17(22)20-15-9-5-13(6-10-15)19-14-7-11-16(12-8-14)21-18(23)4-2/h3-12,19H,1-2H2,(H,20,22)(H,21,23). The Morgan fingerprint density at radius 1 is 0.652 bits per heavy atom. The molecule has 0 fully saturated rings. The van der Waals surface area contributed by atoms with Crippen molar-refractivity contribution in [3.8, 4) is 0 Å². The van der Waals surface area contributed by atoms with Gasteiger partial charge in [-0.15, -0.1) is 0 Å². The van der Waals surface area contributed by atoms with Gasteiger partial charge in [-0.25, -0.2) is 0 Å². The van der Waals surface area contributed by atoms with E-state index in [-0.39, 0.29) is 11.8 Å². The van der Waals surface area contributed by atoms with Gasteiger partial charge in [-0.2, -0.15) is 0 Å². The monoisotopic (exact) mass is 307 g/mol. The van der Waals surface area contributed by atoms with Gasteiger partial charge in [0.1, 0.15) is 0 Å². The molecule has 0 atom stereocenters. The van der Waals surface area contributed by atoms with E-state index in [1.165, 1.54) is 12.2 Å². The Kier molecular flexibility index (Phi) is 5.30. The van der Waals surface area contributed by atoms with Crippen molar-refractivity contribution < 1.29 is 9.59 Å². The van der Waals surface area contributed by atoms with Crippen molar-refractivity contribution in [2.75, 3.05) is 16.0 Å². The number of benzene rings is 2. The smallest absolute Gasteiger partial charge is 0.247 e. The highest BCUT2D eigenvalue weighted by Crippen LogP contribution is 2.20. The Balaban J connectivity index is 1.99. The zero-order valence-electron chi connectivity index (χ0n) is 12.5. The van der Waals surface area contributed by atoms with Crippen LogP contribution in [0.4, 0.5) is 22.7 Å². The van der Waals surface area contributed by atoms with Crippen LogP contribution in [0.15, 0.2) is 73.8 Å². The van der Waals surface area contributed by atoms with Crippen LogP contribution in [0.3, 0.4) is 0 Å². The van der Waals surface area contributed by atoms with Crippen molar-refractivity contribution >= 4 is 34.6 Å². The molecule has 2 aromatic carbocycles. The molecule has 0 unspecified atom stereocenters. The fourth-order valence-corrected chi connectivity index (χ4v) is 1.83. The minimum absolute atomic E-state index is 0.247. The molecule has 5 heteroatoms. The molecule has 5 nitrogen and oxygen atoms in total. The summed E-state index contributed by atoms with van der Waals surface area (Å²) in [6.45, 7) is 6.81. The maximum absolute atomic E-state index is 11.2. The first-order valence-electron chi connectivity index (χ1n) is 6.94. The highest BCUT2D eigenvalue weighted by atomic mass is 16.2. The number of amides is 2. The molecular formula is C18H17N3O2. The number of rotatable bonds is 6. The molecule has 2 amide bonds. The van der Waals surface area contributed by atoms with Crippen molar-refractivity contribution in [1.29, 1.82) is 0 Å². The predicted molar refractivity (Wildman–Crippen MR) is 93.8 cm³/mol. The number of carbonyl (C=O) groups is 2. The fourth-order valence-electron chi connectivity index (χ4n) is 1.83. The number of anilines is 4. The molecule has 0 saturated heterocycles. The van der Waals surface area contributed by atoms with Gasteiger partial charge in [-0.05, 0) is 60.7 Å². The predicted octanol–water partition coefficient (Wildman–Crippen LogP) is 3.68. The van der Waals surface area contributed by atoms with Crippen LogP contribution in [0.25, 0.3) is 0 Å². The van der Waals surface area contributed by atoms with Gasteiger partial charge in [-0.3, -0.25) is 9.59 Å². The SMILES string of the molecule is C=CC(=O)Nc1ccc(Nc2ccc(NC(=O)C=C)cc2)cc1. The minimum atomic E-state index is -0.247. The van der Waals surface area contributed by atoms with Gasteiger partial charge in [-0.1, -0.05) is 13.2 Å². The van der Waals surface area contributed by atoms with Crippen LogP contribution in [0.2, 0.25) is 0 Å².